The van der Waals surface area contributed by atoms with E-state index in [0.717, 1.165) is 21.6 Å². The summed E-state index contributed by atoms with van der Waals surface area (Å²) in [5.74, 6) is -0.871. The number of hydrogen-bond acceptors (Lipinski definition) is 10. The van der Waals surface area contributed by atoms with Crippen LogP contribution in [0.4, 0.5) is 5.13 Å². The van der Waals surface area contributed by atoms with Crippen molar-refractivity contribution in [2.24, 2.45) is 0 Å². The lowest BCUT2D eigenvalue weighted by Crippen LogP contribution is -2.70. The summed E-state index contributed by atoms with van der Waals surface area (Å²) in [6.07, 6.45) is -0.518. The number of nitrogens with zero attached hydrogens (tertiary/aromatic N) is 3. The first-order valence-corrected chi connectivity index (χ1v) is 17.7. The molecule has 1 fully saturated rings. The Balaban J connectivity index is 1.19. The van der Waals surface area contributed by atoms with E-state index in [1.807, 2.05) is 109 Å². The number of aromatic nitrogens is 2. The van der Waals surface area contributed by atoms with Crippen LogP contribution < -0.4 is 10.6 Å². The van der Waals surface area contributed by atoms with E-state index in [1.165, 1.54) is 39.3 Å². The van der Waals surface area contributed by atoms with Gasteiger partial charge in [-0.1, -0.05) is 108 Å². The minimum absolute atomic E-state index is 0.130. The predicted molar refractivity (Wildman–Crippen MR) is 184 cm³/mol. The van der Waals surface area contributed by atoms with Crippen LogP contribution >= 0.6 is 34.4 Å². The van der Waals surface area contributed by atoms with Crippen molar-refractivity contribution in [1.82, 2.24) is 20.4 Å². The van der Waals surface area contributed by atoms with Gasteiger partial charge in [0.25, 0.3) is 5.91 Å². The number of hydrogen-bond donors (Lipinski definition) is 2. The summed E-state index contributed by atoms with van der Waals surface area (Å²) in [4.78, 5) is 43.2. The first kappa shape index (κ1) is 30.9. The number of esters is 1. The maximum Gasteiger partial charge on any atom is 0.356 e. The van der Waals surface area contributed by atoms with E-state index < -0.39 is 23.5 Å². The van der Waals surface area contributed by atoms with E-state index in [-0.39, 0.29) is 23.9 Å². The van der Waals surface area contributed by atoms with Gasteiger partial charge in [-0.3, -0.25) is 14.5 Å². The molecule has 1 saturated heterocycles. The molecule has 4 heterocycles. The molecule has 0 saturated carbocycles. The third-order valence-corrected chi connectivity index (χ3v) is 10.9. The number of fused-ring (bicyclic) bond motifs is 1. The van der Waals surface area contributed by atoms with Gasteiger partial charge in [0, 0.05) is 22.7 Å². The van der Waals surface area contributed by atoms with Crippen LogP contribution in [-0.4, -0.2) is 50.0 Å². The topological polar surface area (TPSA) is 114 Å². The molecule has 5 aromatic rings. The molecule has 2 aromatic heterocycles. The number of benzene rings is 3. The summed E-state index contributed by atoms with van der Waals surface area (Å²) in [6, 6.07) is 32.0. The summed E-state index contributed by atoms with van der Waals surface area (Å²) in [6.45, 7) is 0.563. The number of nitrogens with one attached hydrogen (secondary N) is 2. The van der Waals surface area contributed by atoms with Crippen molar-refractivity contribution in [3.8, 4) is 0 Å². The Morgan fingerprint density at radius 3 is 2.23 bits per heavy atom. The van der Waals surface area contributed by atoms with Crippen LogP contribution in [0.1, 0.15) is 32.7 Å². The molecule has 7 rings (SSSR count). The highest BCUT2D eigenvalue weighted by atomic mass is 32.2. The molecule has 236 valence electrons. The minimum atomic E-state index is -0.756. The predicted octanol–water partition coefficient (Wildman–Crippen LogP) is 5.90. The Labute approximate surface area is 283 Å². The zero-order valence-corrected chi connectivity index (χ0v) is 27.4. The SMILES string of the molecule is O=C(Cc1cccs1)NC1C(=O)N2C(C(=O)OC(c3ccccc3)c3ccccc3)=C(c3nnc(NCc4ccccc4)s3)CSC12. The van der Waals surface area contributed by atoms with E-state index in [9.17, 15) is 14.4 Å². The average molecular weight is 680 g/mol. The van der Waals surface area contributed by atoms with E-state index in [4.69, 9.17) is 4.74 Å². The van der Waals surface area contributed by atoms with Crippen LogP contribution in [0.15, 0.2) is 114 Å². The van der Waals surface area contributed by atoms with Crippen molar-refractivity contribution < 1.29 is 19.1 Å². The molecule has 0 radical (unpaired) electrons. The monoisotopic (exact) mass is 679 g/mol. The second-order valence-electron chi connectivity index (χ2n) is 10.9. The first-order chi connectivity index (χ1) is 23.0. The Kier molecular flexibility index (Phi) is 9.14. The van der Waals surface area contributed by atoms with Gasteiger partial charge >= 0.3 is 5.97 Å². The van der Waals surface area contributed by atoms with Crippen LogP contribution in [0.25, 0.3) is 5.57 Å². The molecule has 12 heteroatoms. The summed E-state index contributed by atoms with van der Waals surface area (Å²) < 4.78 is 6.27. The molecular weight excluding hydrogens is 651 g/mol. The van der Waals surface area contributed by atoms with Gasteiger partial charge in [0.15, 0.2) is 6.10 Å². The Morgan fingerprint density at radius 1 is 0.894 bits per heavy atom. The normalized spacial score (nSPS) is 17.2. The second kappa shape index (κ2) is 13.9. The van der Waals surface area contributed by atoms with E-state index >= 15 is 0 Å². The van der Waals surface area contributed by atoms with Crippen LogP contribution in [0, 0.1) is 0 Å². The number of ether oxygens (including phenoxy) is 1. The van der Waals surface area contributed by atoms with Crippen molar-refractivity contribution in [2.45, 2.75) is 30.5 Å². The van der Waals surface area contributed by atoms with Crippen LogP contribution in [0.3, 0.4) is 0 Å². The molecule has 2 N–H and O–H groups in total. The number of thiophene rings is 1. The van der Waals surface area contributed by atoms with Gasteiger partial charge in [0.2, 0.25) is 11.0 Å². The van der Waals surface area contributed by atoms with Gasteiger partial charge in [-0.2, -0.15) is 0 Å². The minimum Gasteiger partial charge on any atom is -0.448 e. The molecule has 2 amide bonds. The lowest BCUT2D eigenvalue weighted by Gasteiger charge is -2.49. The first-order valence-electron chi connectivity index (χ1n) is 15.0. The van der Waals surface area contributed by atoms with Gasteiger partial charge in [0.05, 0.1) is 6.42 Å². The lowest BCUT2D eigenvalue weighted by molar-refractivity contribution is -0.154. The van der Waals surface area contributed by atoms with Crippen LogP contribution in [0.5, 0.6) is 0 Å². The van der Waals surface area contributed by atoms with Gasteiger partial charge < -0.3 is 15.4 Å². The van der Waals surface area contributed by atoms with Crippen molar-refractivity contribution in [3.05, 3.63) is 141 Å². The number of β-lactam (4-membered cyclic amide) rings is 1. The van der Waals surface area contributed by atoms with E-state index in [0.29, 0.717) is 28.0 Å². The molecular formula is C35H29N5O4S3. The highest BCUT2D eigenvalue weighted by Gasteiger charge is 2.55. The van der Waals surface area contributed by atoms with Crippen molar-refractivity contribution in [2.75, 3.05) is 11.1 Å². The zero-order valence-electron chi connectivity index (χ0n) is 24.9. The maximum absolute atomic E-state index is 14.3. The van der Waals surface area contributed by atoms with Gasteiger partial charge in [-0.05, 0) is 28.1 Å². The lowest BCUT2D eigenvalue weighted by atomic mass is 10.0. The molecule has 0 bridgehead atoms. The number of thioether (sulfide) groups is 1. The van der Waals surface area contributed by atoms with Gasteiger partial charge in [0.1, 0.15) is 22.1 Å². The molecule has 0 aliphatic carbocycles. The van der Waals surface area contributed by atoms with E-state index in [1.54, 1.807) is 0 Å². The van der Waals surface area contributed by atoms with Gasteiger partial charge in [-0.25, -0.2) is 4.79 Å². The Hall–Kier alpha value is -4.78. The molecule has 47 heavy (non-hydrogen) atoms. The quantitative estimate of drug-likeness (QED) is 0.131. The molecule has 3 aromatic carbocycles. The molecule has 9 nitrogen and oxygen atoms in total. The second-order valence-corrected chi connectivity index (χ2v) is 14.0. The smallest absolute Gasteiger partial charge is 0.356 e. The number of anilines is 1. The van der Waals surface area contributed by atoms with Crippen molar-refractivity contribution >= 4 is 62.9 Å². The number of carbonyl (C=O) groups excluding carboxylic acids is 3. The molecule has 2 atom stereocenters. The van der Waals surface area contributed by atoms with Crippen LogP contribution in [0.2, 0.25) is 0 Å². The highest BCUT2D eigenvalue weighted by molar-refractivity contribution is 8.00. The summed E-state index contributed by atoms with van der Waals surface area (Å²) in [5.41, 5.74) is 3.39. The third kappa shape index (κ3) is 6.71. The number of rotatable bonds is 11. The maximum atomic E-state index is 14.3. The molecule has 0 spiro atoms. The summed E-state index contributed by atoms with van der Waals surface area (Å²) >= 11 is 4.28. The Bertz CT molecular complexity index is 1860. The fourth-order valence-corrected chi connectivity index (χ4v) is 8.43. The highest BCUT2D eigenvalue weighted by Crippen LogP contribution is 2.45. The third-order valence-electron chi connectivity index (χ3n) is 7.79. The molecule has 2 unspecified atom stereocenters. The van der Waals surface area contributed by atoms with Crippen LogP contribution in [-0.2, 0) is 32.1 Å². The van der Waals surface area contributed by atoms with Crippen molar-refractivity contribution in [1.29, 1.82) is 0 Å². The van der Waals surface area contributed by atoms with Crippen molar-refractivity contribution in [3.63, 3.8) is 0 Å². The van der Waals surface area contributed by atoms with Gasteiger partial charge in [-0.15, -0.1) is 33.3 Å². The van der Waals surface area contributed by atoms with E-state index in [2.05, 4.69) is 20.8 Å². The summed E-state index contributed by atoms with van der Waals surface area (Å²) in [7, 11) is 0. The summed E-state index contributed by atoms with van der Waals surface area (Å²) in [5, 5.41) is 17.5. The molecule has 2 aliphatic rings. The number of amides is 2. The standard InChI is InChI=1S/C35H29N5O4S3/c41-27(19-25-17-10-18-45-25)37-28-32(42)40-29(34(43)44-30(23-13-6-2-7-14-23)24-15-8-3-9-16-24)26(21-46-33(28)40)31-38-39-35(47-31)36-20-22-11-4-1-5-12-22/h1-18,28,30,33H,19-21H2,(H,36,39)(H,37,41). The average Bonchev–Trinajstić information content (AvgIpc) is 3.82. The number of carbonyl (C=O) groups is 3. The Morgan fingerprint density at radius 2 is 1.57 bits per heavy atom. The fraction of sp³-hybridized carbons (Fsp3) is 0.171. The molecule has 2 aliphatic heterocycles. The largest absolute Gasteiger partial charge is 0.448 e. The fourth-order valence-electron chi connectivity index (χ4n) is 5.51. The zero-order chi connectivity index (χ0) is 32.2.